The van der Waals surface area contributed by atoms with E-state index in [1.165, 1.54) is 0 Å². The van der Waals surface area contributed by atoms with Crippen LogP contribution in [0.25, 0.3) is 0 Å². The van der Waals surface area contributed by atoms with E-state index in [2.05, 4.69) is 4.72 Å². The normalized spacial score (nSPS) is 19.6. The molecule has 1 aliphatic carbocycles. The van der Waals surface area contributed by atoms with Crippen molar-refractivity contribution in [3.8, 4) is 0 Å². The molecule has 0 amide bonds. The van der Waals surface area contributed by atoms with Crippen LogP contribution in [-0.2, 0) is 21.2 Å². The van der Waals surface area contributed by atoms with Gasteiger partial charge >= 0.3 is 5.97 Å². The first kappa shape index (κ1) is 15.0. The lowest BCUT2D eigenvalue weighted by molar-refractivity contribution is -0.138. The summed E-state index contributed by atoms with van der Waals surface area (Å²) in [7, 11) is -3.53. The molecule has 7 heteroatoms. The highest BCUT2D eigenvalue weighted by molar-refractivity contribution is 7.89. The number of rotatable bonds is 6. The highest BCUT2D eigenvalue weighted by Gasteiger charge is 2.26. The Morgan fingerprint density at radius 3 is 2.85 bits per heavy atom. The van der Waals surface area contributed by atoms with Gasteiger partial charge in [-0.05, 0) is 30.4 Å². The summed E-state index contributed by atoms with van der Waals surface area (Å²) in [6.45, 7) is 0. The number of nitrogens with two attached hydrogens (primary N) is 1. The number of aryl methyl sites for hydroxylation is 1. The van der Waals surface area contributed by atoms with Gasteiger partial charge in [0, 0.05) is 6.04 Å². The Bertz CT molecular complexity index is 600. The molecule has 1 aromatic rings. The zero-order valence-electron chi connectivity index (χ0n) is 11.0. The summed E-state index contributed by atoms with van der Waals surface area (Å²) < 4.78 is 26.6. The van der Waals surface area contributed by atoms with Crippen molar-refractivity contribution in [1.29, 1.82) is 0 Å². The van der Waals surface area contributed by atoms with Crippen LogP contribution in [0.3, 0.4) is 0 Å². The monoisotopic (exact) mass is 298 g/mol. The predicted octanol–water partition coefficient (Wildman–Crippen LogP) is 0.395. The van der Waals surface area contributed by atoms with Gasteiger partial charge in [-0.3, -0.25) is 4.79 Å². The van der Waals surface area contributed by atoms with Crippen molar-refractivity contribution in [2.45, 2.75) is 31.3 Å². The smallest absolute Gasteiger partial charge is 0.320 e. The Kier molecular flexibility index (Phi) is 4.42. The van der Waals surface area contributed by atoms with Crippen LogP contribution in [0.2, 0.25) is 0 Å². The number of carbonyl (C=O) groups is 1. The molecule has 1 aromatic carbocycles. The number of carboxylic acid groups (broad SMARTS) is 1. The lowest BCUT2D eigenvalue weighted by Gasteiger charge is -2.15. The van der Waals surface area contributed by atoms with Crippen LogP contribution in [0, 0.1) is 0 Å². The van der Waals surface area contributed by atoms with Crippen molar-refractivity contribution in [1.82, 2.24) is 4.72 Å². The van der Waals surface area contributed by atoms with Crippen molar-refractivity contribution in [3.05, 3.63) is 35.4 Å². The van der Waals surface area contributed by atoms with E-state index in [9.17, 15) is 13.2 Å². The standard InChI is InChI=1S/C13H18N2O4S/c14-11(13(16)17)7-8-20(18,19)15-12-6-5-9-3-1-2-4-10(9)12/h1-4,11-12,15H,5-8,14H2,(H,16,17). The van der Waals surface area contributed by atoms with Gasteiger partial charge in [0.2, 0.25) is 10.0 Å². The maximum absolute atomic E-state index is 12.0. The molecule has 0 saturated carbocycles. The number of nitrogens with one attached hydrogen (secondary N) is 1. The molecule has 20 heavy (non-hydrogen) atoms. The minimum absolute atomic E-state index is 0.0982. The first-order chi connectivity index (χ1) is 9.39. The van der Waals surface area contributed by atoms with E-state index in [1.807, 2.05) is 24.3 Å². The highest BCUT2D eigenvalue weighted by atomic mass is 32.2. The molecule has 0 spiro atoms. The second-order valence-corrected chi connectivity index (χ2v) is 6.83. The summed E-state index contributed by atoms with van der Waals surface area (Å²) in [5, 5.41) is 8.65. The first-order valence-electron chi connectivity index (χ1n) is 6.45. The molecule has 0 saturated heterocycles. The number of fused-ring (bicyclic) bond motifs is 1. The molecule has 0 aromatic heterocycles. The SMILES string of the molecule is NC(CCS(=O)(=O)NC1CCc2ccccc21)C(=O)O. The van der Waals surface area contributed by atoms with E-state index in [-0.39, 0.29) is 18.2 Å². The predicted molar refractivity (Wildman–Crippen MR) is 74.7 cm³/mol. The molecule has 1 aliphatic rings. The summed E-state index contributed by atoms with van der Waals surface area (Å²) >= 11 is 0. The van der Waals surface area contributed by atoms with Crippen LogP contribution < -0.4 is 10.5 Å². The van der Waals surface area contributed by atoms with Gasteiger partial charge in [-0.1, -0.05) is 24.3 Å². The Hall–Kier alpha value is -1.44. The van der Waals surface area contributed by atoms with Gasteiger partial charge in [0.1, 0.15) is 6.04 Å². The van der Waals surface area contributed by atoms with Crippen molar-refractivity contribution in [3.63, 3.8) is 0 Å². The van der Waals surface area contributed by atoms with Crippen LogP contribution in [0.1, 0.15) is 30.0 Å². The molecule has 2 atom stereocenters. The second-order valence-electron chi connectivity index (χ2n) is 4.96. The number of carboxylic acids is 1. The van der Waals surface area contributed by atoms with Gasteiger partial charge in [0.25, 0.3) is 0 Å². The molecule has 110 valence electrons. The van der Waals surface area contributed by atoms with Gasteiger partial charge in [0.05, 0.1) is 5.75 Å². The quantitative estimate of drug-likeness (QED) is 0.704. The van der Waals surface area contributed by atoms with Crippen LogP contribution in [0.4, 0.5) is 0 Å². The summed E-state index contributed by atoms with van der Waals surface area (Å²) in [5.74, 6) is -1.47. The Morgan fingerprint density at radius 2 is 2.15 bits per heavy atom. The second kappa shape index (κ2) is 5.90. The fourth-order valence-corrected chi connectivity index (χ4v) is 3.72. The molecule has 0 heterocycles. The van der Waals surface area contributed by atoms with E-state index < -0.39 is 22.0 Å². The summed E-state index contributed by atoms with van der Waals surface area (Å²) in [6.07, 6.45) is 1.47. The Balaban J connectivity index is 1.98. The summed E-state index contributed by atoms with van der Waals surface area (Å²) in [6, 6.07) is 6.34. The number of hydrogen-bond acceptors (Lipinski definition) is 4. The van der Waals surface area contributed by atoms with Gasteiger partial charge in [-0.15, -0.1) is 0 Å². The molecule has 0 bridgehead atoms. The third kappa shape index (κ3) is 3.56. The first-order valence-corrected chi connectivity index (χ1v) is 8.10. The maximum atomic E-state index is 12.0. The third-order valence-electron chi connectivity index (χ3n) is 3.47. The molecule has 0 radical (unpaired) electrons. The maximum Gasteiger partial charge on any atom is 0.320 e. The van der Waals surface area contributed by atoms with Gasteiger partial charge in [-0.2, -0.15) is 0 Å². The average Bonchev–Trinajstić information content (AvgIpc) is 2.79. The van der Waals surface area contributed by atoms with Crippen molar-refractivity contribution < 1.29 is 18.3 Å². The van der Waals surface area contributed by atoms with Gasteiger partial charge < -0.3 is 10.8 Å². The molecule has 6 nitrogen and oxygen atoms in total. The molecule has 0 aliphatic heterocycles. The van der Waals surface area contributed by atoms with E-state index in [0.717, 1.165) is 24.0 Å². The number of sulfonamides is 1. The topological polar surface area (TPSA) is 109 Å². The van der Waals surface area contributed by atoms with Crippen molar-refractivity contribution >= 4 is 16.0 Å². The van der Waals surface area contributed by atoms with Crippen molar-refractivity contribution in [2.24, 2.45) is 5.73 Å². The van der Waals surface area contributed by atoms with E-state index in [0.29, 0.717) is 0 Å². The number of benzene rings is 1. The third-order valence-corrected chi connectivity index (χ3v) is 4.89. The molecule has 4 N–H and O–H groups in total. The van der Waals surface area contributed by atoms with E-state index in [4.69, 9.17) is 10.8 Å². The van der Waals surface area contributed by atoms with E-state index in [1.54, 1.807) is 0 Å². The van der Waals surface area contributed by atoms with Gasteiger partial charge in [-0.25, -0.2) is 13.1 Å². The number of hydrogen-bond donors (Lipinski definition) is 3. The van der Waals surface area contributed by atoms with Crippen LogP contribution in [-0.4, -0.2) is 31.3 Å². The zero-order valence-corrected chi connectivity index (χ0v) is 11.8. The molecule has 0 fully saturated rings. The van der Waals surface area contributed by atoms with Crippen molar-refractivity contribution in [2.75, 3.05) is 5.75 Å². The molecular formula is C13H18N2O4S. The van der Waals surface area contributed by atoms with Crippen LogP contribution in [0.5, 0.6) is 0 Å². The lowest BCUT2D eigenvalue weighted by atomic mass is 10.1. The summed E-state index contributed by atoms with van der Waals surface area (Å²) in [4.78, 5) is 10.6. The largest absolute Gasteiger partial charge is 0.480 e. The average molecular weight is 298 g/mol. The lowest BCUT2D eigenvalue weighted by Crippen LogP contribution is -2.36. The number of aliphatic carboxylic acids is 1. The Morgan fingerprint density at radius 1 is 1.45 bits per heavy atom. The van der Waals surface area contributed by atoms with Crippen LogP contribution >= 0.6 is 0 Å². The molecule has 2 rings (SSSR count). The van der Waals surface area contributed by atoms with E-state index >= 15 is 0 Å². The minimum atomic E-state index is -3.53. The summed E-state index contributed by atoms with van der Waals surface area (Å²) in [5.41, 5.74) is 7.47. The molecule has 2 unspecified atom stereocenters. The van der Waals surface area contributed by atoms with Crippen LogP contribution in [0.15, 0.2) is 24.3 Å². The Labute approximate surface area is 118 Å². The molecular weight excluding hydrogens is 280 g/mol. The fourth-order valence-electron chi connectivity index (χ4n) is 2.36. The minimum Gasteiger partial charge on any atom is -0.480 e. The van der Waals surface area contributed by atoms with Gasteiger partial charge in [0.15, 0.2) is 0 Å². The fraction of sp³-hybridized carbons (Fsp3) is 0.462. The highest BCUT2D eigenvalue weighted by Crippen LogP contribution is 2.31. The zero-order chi connectivity index (χ0) is 14.8.